The molecule has 0 bridgehead atoms. The molecule has 1 atom stereocenters. The minimum atomic E-state index is -0.818. The zero-order chi connectivity index (χ0) is 10.1. The van der Waals surface area contributed by atoms with Crippen LogP contribution >= 0.6 is 0 Å². The van der Waals surface area contributed by atoms with Crippen molar-refractivity contribution >= 4 is 6.09 Å². The summed E-state index contributed by atoms with van der Waals surface area (Å²) in [5, 5.41) is 12.2. The third kappa shape index (κ3) is 2.34. The van der Waals surface area contributed by atoms with Crippen LogP contribution in [0.5, 0.6) is 0 Å². The number of hydrogen-bond donors (Lipinski definition) is 2. The van der Waals surface area contributed by atoms with Crippen LogP contribution in [0.2, 0.25) is 0 Å². The summed E-state index contributed by atoms with van der Waals surface area (Å²) in [6.45, 7) is 7.49. The molecular weight excluding hydrogens is 168 g/mol. The SMILES string of the molecule is CC(C)(C)N(C(=O)O)C1CCNC1. The van der Waals surface area contributed by atoms with Crippen LogP contribution in [0.1, 0.15) is 27.2 Å². The van der Waals surface area contributed by atoms with Crippen molar-refractivity contribution in [3.05, 3.63) is 0 Å². The normalized spacial score (nSPS) is 23.2. The predicted octanol–water partition coefficient (Wildman–Crippen LogP) is 1.13. The van der Waals surface area contributed by atoms with Crippen LogP contribution in [0, 0.1) is 0 Å². The highest BCUT2D eigenvalue weighted by Crippen LogP contribution is 2.20. The maximum Gasteiger partial charge on any atom is 0.408 e. The second kappa shape index (κ2) is 3.54. The van der Waals surface area contributed by atoms with E-state index in [4.69, 9.17) is 5.11 Å². The van der Waals surface area contributed by atoms with Crippen LogP contribution in [-0.2, 0) is 0 Å². The highest BCUT2D eigenvalue weighted by atomic mass is 16.4. The van der Waals surface area contributed by atoms with E-state index in [-0.39, 0.29) is 11.6 Å². The summed E-state index contributed by atoms with van der Waals surface area (Å²) >= 11 is 0. The Kier molecular flexibility index (Phi) is 2.81. The van der Waals surface area contributed by atoms with E-state index in [1.807, 2.05) is 20.8 Å². The molecule has 0 aromatic rings. The van der Waals surface area contributed by atoms with Gasteiger partial charge in [0.15, 0.2) is 0 Å². The van der Waals surface area contributed by atoms with Crippen molar-refractivity contribution in [3.63, 3.8) is 0 Å². The lowest BCUT2D eigenvalue weighted by molar-refractivity contribution is 0.0758. The molecule has 1 aliphatic rings. The van der Waals surface area contributed by atoms with Crippen LogP contribution in [-0.4, -0.2) is 40.8 Å². The first-order valence-corrected chi connectivity index (χ1v) is 4.66. The molecule has 1 unspecified atom stereocenters. The number of hydrogen-bond acceptors (Lipinski definition) is 2. The van der Waals surface area contributed by atoms with Crippen LogP contribution in [0.25, 0.3) is 0 Å². The number of rotatable bonds is 1. The summed E-state index contributed by atoms with van der Waals surface area (Å²) in [5.74, 6) is 0. The second-order valence-corrected chi connectivity index (χ2v) is 4.47. The van der Waals surface area contributed by atoms with Gasteiger partial charge in [-0.25, -0.2) is 4.79 Å². The summed E-state index contributed by atoms with van der Waals surface area (Å²) in [4.78, 5) is 12.6. The van der Waals surface area contributed by atoms with Crippen molar-refractivity contribution in [1.29, 1.82) is 0 Å². The molecule has 1 saturated heterocycles. The summed E-state index contributed by atoms with van der Waals surface area (Å²) in [6, 6.07) is 0.137. The Bertz CT molecular complexity index is 192. The molecule has 0 radical (unpaired) electrons. The van der Waals surface area contributed by atoms with E-state index >= 15 is 0 Å². The molecule has 4 heteroatoms. The molecule has 0 aromatic heterocycles. The van der Waals surface area contributed by atoms with Gasteiger partial charge in [-0.1, -0.05) is 0 Å². The maximum absolute atomic E-state index is 11.0. The predicted molar refractivity (Wildman–Crippen MR) is 50.9 cm³/mol. The second-order valence-electron chi connectivity index (χ2n) is 4.47. The monoisotopic (exact) mass is 186 g/mol. The van der Waals surface area contributed by atoms with Gasteiger partial charge in [0.2, 0.25) is 0 Å². The van der Waals surface area contributed by atoms with Gasteiger partial charge in [0, 0.05) is 18.1 Å². The molecule has 2 N–H and O–H groups in total. The lowest BCUT2D eigenvalue weighted by Gasteiger charge is -2.37. The summed E-state index contributed by atoms with van der Waals surface area (Å²) in [6.07, 6.45) is 0.102. The van der Waals surface area contributed by atoms with Crippen molar-refractivity contribution in [1.82, 2.24) is 10.2 Å². The van der Waals surface area contributed by atoms with Gasteiger partial charge in [-0.05, 0) is 33.7 Å². The van der Waals surface area contributed by atoms with Crippen LogP contribution in [0.4, 0.5) is 4.79 Å². The topological polar surface area (TPSA) is 52.6 Å². The lowest BCUT2D eigenvalue weighted by Crippen LogP contribution is -2.51. The fourth-order valence-electron chi connectivity index (χ4n) is 1.85. The van der Waals surface area contributed by atoms with Gasteiger partial charge in [0.1, 0.15) is 0 Å². The molecule has 13 heavy (non-hydrogen) atoms. The summed E-state index contributed by atoms with van der Waals surface area (Å²) < 4.78 is 0. The van der Waals surface area contributed by atoms with E-state index in [1.54, 1.807) is 4.90 Å². The zero-order valence-corrected chi connectivity index (χ0v) is 8.50. The van der Waals surface area contributed by atoms with Gasteiger partial charge in [-0.3, -0.25) is 4.90 Å². The molecule has 76 valence electrons. The quantitative estimate of drug-likeness (QED) is 0.645. The van der Waals surface area contributed by atoms with Gasteiger partial charge in [0.25, 0.3) is 0 Å². The molecular formula is C9H18N2O2. The van der Waals surface area contributed by atoms with E-state index < -0.39 is 6.09 Å². The smallest absolute Gasteiger partial charge is 0.408 e. The average Bonchev–Trinajstić information content (AvgIpc) is 2.34. The van der Waals surface area contributed by atoms with Crippen LogP contribution < -0.4 is 5.32 Å². The molecule has 1 rings (SSSR count). The Labute approximate surface area is 78.9 Å². The zero-order valence-electron chi connectivity index (χ0n) is 8.50. The first-order valence-electron chi connectivity index (χ1n) is 4.66. The minimum Gasteiger partial charge on any atom is -0.465 e. The van der Waals surface area contributed by atoms with Gasteiger partial charge in [0.05, 0.1) is 0 Å². The maximum atomic E-state index is 11.0. The number of carboxylic acid groups (broad SMARTS) is 1. The first kappa shape index (κ1) is 10.3. The van der Waals surface area contributed by atoms with Crippen molar-refractivity contribution in [2.45, 2.75) is 38.8 Å². The van der Waals surface area contributed by atoms with Gasteiger partial charge >= 0.3 is 6.09 Å². The third-order valence-corrected chi connectivity index (χ3v) is 2.33. The van der Waals surface area contributed by atoms with Crippen molar-refractivity contribution < 1.29 is 9.90 Å². The summed E-state index contributed by atoms with van der Waals surface area (Å²) in [7, 11) is 0. The van der Waals surface area contributed by atoms with Crippen molar-refractivity contribution in [2.75, 3.05) is 13.1 Å². The van der Waals surface area contributed by atoms with Gasteiger partial charge < -0.3 is 10.4 Å². The fourth-order valence-corrected chi connectivity index (χ4v) is 1.85. The van der Waals surface area contributed by atoms with Crippen LogP contribution in [0.3, 0.4) is 0 Å². The fraction of sp³-hybridized carbons (Fsp3) is 0.889. The van der Waals surface area contributed by atoms with Crippen molar-refractivity contribution in [2.24, 2.45) is 0 Å². The molecule has 1 heterocycles. The van der Waals surface area contributed by atoms with E-state index in [9.17, 15) is 4.79 Å². The Morgan fingerprint density at radius 3 is 2.46 bits per heavy atom. The Balaban J connectivity index is 2.72. The Hall–Kier alpha value is -0.770. The average molecular weight is 186 g/mol. The molecule has 1 aliphatic heterocycles. The molecule has 0 spiro atoms. The van der Waals surface area contributed by atoms with E-state index in [0.29, 0.717) is 0 Å². The molecule has 0 aliphatic carbocycles. The van der Waals surface area contributed by atoms with E-state index in [2.05, 4.69) is 5.32 Å². The molecule has 0 aromatic carbocycles. The molecule has 0 saturated carbocycles. The van der Waals surface area contributed by atoms with Crippen LogP contribution in [0.15, 0.2) is 0 Å². The van der Waals surface area contributed by atoms with E-state index in [1.165, 1.54) is 0 Å². The standard InChI is InChI=1S/C9H18N2O2/c1-9(2,3)11(8(12)13)7-4-5-10-6-7/h7,10H,4-6H2,1-3H3,(H,12,13). The lowest BCUT2D eigenvalue weighted by atomic mass is 10.0. The highest BCUT2D eigenvalue weighted by molar-refractivity contribution is 5.66. The van der Waals surface area contributed by atoms with E-state index in [0.717, 1.165) is 19.5 Å². The summed E-state index contributed by atoms with van der Waals surface area (Å²) in [5.41, 5.74) is -0.303. The molecule has 4 nitrogen and oxygen atoms in total. The van der Waals surface area contributed by atoms with Gasteiger partial charge in [-0.15, -0.1) is 0 Å². The number of nitrogens with one attached hydrogen (secondary N) is 1. The third-order valence-electron chi connectivity index (χ3n) is 2.33. The number of carbonyl (C=O) groups is 1. The Morgan fingerprint density at radius 1 is 1.54 bits per heavy atom. The van der Waals surface area contributed by atoms with Crippen molar-refractivity contribution in [3.8, 4) is 0 Å². The first-order chi connectivity index (χ1) is 5.93. The van der Waals surface area contributed by atoms with Gasteiger partial charge in [-0.2, -0.15) is 0 Å². The number of amides is 1. The minimum absolute atomic E-state index is 0.137. The molecule has 1 amide bonds. The largest absolute Gasteiger partial charge is 0.465 e. The number of nitrogens with zero attached hydrogens (tertiary/aromatic N) is 1. The highest BCUT2D eigenvalue weighted by Gasteiger charge is 2.34. The Morgan fingerprint density at radius 2 is 2.15 bits per heavy atom. The molecule has 1 fully saturated rings.